The number of piperidine rings is 1. The lowest BCUT2D eigenvalue weighted by Gasteiger charge is -2.43. The van der Waals surface area contributed by atoms with Crippen LogP contribution in [0.15, 0.2) is 56.7 Å². The number of anilines is 1. The van der Waals surface area contributed by atoms with Crippen molar-refractivity contribution in [1.82, 2.24) is 20.4 Å². The van der Waals surface area contributed by atoms with Crippen molar-refractivity contribution in [2.24, 2.45) is 0 Å². The van der Waals surface area contributed by atoms with Crippen LogP contribution in [0, 0.1) is 0 Å². The number of hydrogen-bond acceptors (Lipinski definition) is 8. The summed E-state index contributed by atoms with van der Waals surface area (Å²) in [7, 11) is 0. The van der Waals surface area contributed by atoms with Crippen LogP contribution in [0.4, 0.5) is 9.80 Å². The predicted octanol–water partition coefficient (Wildman–Crippen LogP) is 4.74. The molecule has 2 aromatic heterocycles. The zero-order valence-corrected chi connectivity index (χ0v) is 22.7. The highest BCUT2D eigenvalue weighted by molar-refractivity contribution is 8.01. The minimum Gasteiger partial charge on any atom is -0.338 e. The lowest BCUT2D eigenvalue weighted by Crippen LogP contribution is -2.47. The molecule has 2 aliphatic rings. The molecule has 0 unspecified atom stereocenters. The summed E-state index contributed by atoms with van der Waals surface area (Å²) >= 11 is 3.07. The Morgan fingerprint density at radius 3 is 2.69 bits per heavy atom. The summed E-state index contributed by atoms with van der Waals surface area (Å²) in [5.41, 5.74) is 1.73. The fourth-order valence-corrected chi connectivity index (χ4v) is 7.77. The van der Waals surface area contributed by atoms with Gasteiger partial charge in [0, 0.05) is 56.9 Å². The minimum absolute atomic E-state index is 0.0356. The van der Waals surface area contributed by atoms with Crippen LogP contribution in [0.25, 0.3) is 21.5 Å². The molecule has 4 aromatic rings. The largest absolute Gasteiger partial charge is 0.439 e. The molecule has 10 nitrogen and oxygen atoms in total. The zero-order valence-electron chi connectivity index (χ0n) is 21.0. The Kier molecular flexibility index (Phi) is 6.51. The number of nitrogens with one attached hydrogen (secondary N) is 3. The smallest absolute Gasteiger partial charge is 0.338 e. The second-order valence-corrected chi connectivity index (χ2v) is 12.2. The minimum atomic E-state index is -0.647. The molecule has 39 heavy (non-hydrogen) atoms. The van der Waals surface area contributed by atoms with Gasteiger partial charge in [0.25, 0.3) is 5.91 Å². The Labute approximate surface area is 231 Å². The van der Waals surface area contributed by atoms with E-state index in [2.05, 4.69) is 25.3 Å². The van der Waals surface area contributed by atoms with Crippen LogP contribution < -0.4 is 16.4 Å². The van der Waals surface area contributed by atoms with Crippen molar-refractivity contribution < 1.29 is 18.9 Å². The number of aromatic amines is 1. The first-order chi connectivity index (χ1) is 18.9. The molecule has 2 aromatic carbocycles. The highest BCUT2D eigenvalue weighted by Gasteiger charge is 2.43. The van der Waals surface area contributed by atoms with E-state index in [0.717, 1.165) is 15.0 Å². The molecule has 12 heteroatoms. The third-order valence-corrected chi connectivity index (χ3v) is 9.79. The van der Waals surface area contributed by atoms with Gasteiger partial charge in [0.2, 0.25) is 0 Å². The fraction of sp³-hybridized carbons (Fsp3) is 0.296. The van der Waals surface area contributed by atoms with Gasteiger partial charge < -0.3 is 10.2 Å². The summed E-state index contributed by atoms with van der Waals surface area (Å²) in [5, 5.41) is 10.6. The number of thiophene rings is 1. The van der Waals surface area contributed by atoms with Gasteiger partial charge in [0.15, 0.2) is 11.6 Å². The van der Waals surface area contributed by atoms with Gasteiger partial charge >= 0.3 is 11.8 Å². The normalized spacial score (nSPS) is 16.3. The van der Waals surface area contributed by atoms with E-state index in [1.165, 1.54) is 11.3 Å². The number of amides is 3. The topological polar surface area (TPSA) is 137 Å². The molecule has 0 radical (unpaired) electrons. The number of likely N-dealkylation sites (tertiary alicyclic amines) is 1. The lowest BCUT2D eigenvalue weighted by atomic mass is 9.87. The molecule has 0 atom stereocenters. The Bertz CT molecular complexity index is 1660. The lowest BCUT2D eigenvalue weighted by molar-refractivity contribution is 0.0699. The molecule has 0 bridgehead atoms. The monoisotopic (exact) mass is 563 g/mol. The van der Waals surface area contributed by atoms with Crippen LogP contribution in [0.2, 0.25) is 0 Å². The van der Waals surface area contributed by atoms with E-state index in [-0.39, 0.29) is 28.3 Å². The summed E-state index contributed by atoms with van der Waals surface area (Å²) in [6.07, 6.45) is 1.72. The van der Waals surface area contributed by atoms with Crippen LogP contribution in [0.1, 0.15) is 46.9 Å². The maximum atomic E-state index is 13.8. The van der Waals surface area contributed by atoms with Gasteiger partial charge in [0.05, 0.1) is 5.56 Å². The summed E-state index contributed by atoms with van der Waals surface area (Å²) in [6, 6.07) is 12.8. The van der Waals surface area contributed by atoms with E-state index < -0.39 is 5.76 Å². The van der Waals surface area contributed by atoms with Crippen molar-refractivity contribution in [3.63, 3.8) is 0 Å². The summed E-state index contributed by atoms with van der Waals surface area (Å²) in [6.45, 7) is 3.34. The van der Waals surface area contributed by atoms with E-state index in [1.54, 1.807) is 17.8 Å². The number of hydrogen-bond donors (Lipinski definition) is 3. The number of nitrogens with zero attached hydrogens (tertiary/aromatic N) is 2. The second kappa shape index (κ2) is 10.0. The number of thioether (sulfide) groups is 1. The molecule has 3 amide bonds. The van der Waals surface area contributed by atoms with Crippen molar-refractivity contribution in [1.29, 1.82) is 0 Å². The number of H-pyrrole nitrogens is 1. The highest BCUT2D eigenvalue weighted by atomic mass is 32.2. The number of ketones is 1. The molecule has 1 fully saturated rings. The van der Waals surface area contributed by atoms with E-state index >= 15 is 0 Å². The van der Waals surface area contributed by atoms with Gasteiger partial charge in [-0.3, -0.25) is 24.4 Å². The van der Waals surface area contributed by atoms with Crippen molar-refractivity contribution in [2.75, 3.05) is 25.0 Å². The maximum Gasteiger partial charge on any atom is 0.439 e. The fourth-order valence-electron chi connectivity index (χ4n) is 5.20. The third-order valence-electron chi connectivity index (χ3n) is 7.14. The molecule has 0 aliphatic carbocycles. The number of aromatic nitrogens is 2. The molecule has 6 rings (SSSR count). The van der Waals surface area contributed by atoms with Gasteiger partial charge in [-0.05, 0) is 44.0 Å². The Balaban J connectivity index is 1.21. The van der Waals surface area contributed by atoms with Crippen molar-refractivity contribution in [2.45, 2.75) is 35.8 Å². The van der Waals surface area contributed by atoms with Crippen LogP contribution in [-0.4, -0.2) is 57.1 Å². The van der Waals surface area contributed by atoms with Crippen molar-refractivity contribution >= 4 is 55.9 Å². The van der Waals surface area contributed by atoms with Gasteiger partial charge in [-0.2, -0.15) is 0 Å². The van der Waals surface area contributed by atoms with Gasteiger partial charge in [0.1, 0.15) is 5.00 Å². The molecule has 4 heterocycles. The van der Waals surface area contributed by atoms with E-state index in [9.17, 15) is 19.2 Å². The number of benzene rings is 2. The first-order valence-corrected chi connectivity index (χ1v) is 14.3. The molecule has 3 N–H and O–H groups in total. The number of fused-ring (bicyclic) bond motifs is 2. The van der Waals surface area contributed by atoms with Crippen molar-refractivity contribution in [3.8, 4) is 11.4 Å². The number of carbonyl (C=O) groups excluding carboxylic acids is 3. The predicted molar refractivity (Wildman–Crippen MR) is 150 cm³/mol. The molecule has 2 aliphatic heterocycles. The van der Waals surface area contributed by atoms with Crippen LogP contribution in [0.5, 0.6) is 0 Å². The van der Waals surface area contributed by atoms with E-state index in [4.69, 9.17) is 0 Å². The average molecular weight is 564 g/mol. The number of carbonyl (C=O) groups is 3. The molecular formula is C27H25N5O5S2. The van der Waals surface area contributed by atoms with Crippen molar-refractivity contribution in [3.05, 3.63) is 64.1 Å². The summed E-state index contributed by atoms with van der Waals surface area (Å²) < 4.78 is 5.23. The first kappa shape index (κ1) is 25.4. The number of urea groups is 1. The zero-order chi connectivity index (χ0) is 27.1. The van der Waals surface area contributed by atoms with E-state index in [1.807, 2.05) is 48.2 Å². The summed E-state index contributed by atoms with van der Waals surface area (Å²) in [4.78, 5) is 55.9. The Morgan fingerprint density at radius 1 is 1.15 bits per heavy atom. The molecule has 200 valence electrons. The molecule has 0 saturated carbocycles. The average Bonchev–Trinajstić information content (AvgIpc) is 3.52. The van der Waals surface area contributed by atoms with Gasteiger partial charge in [-0.15, -0.1) is 23.1 Å². The highest BCUT2D eigenvalue weighted by Crippen LogP contribution is 2.50. The molecular weight excluding hydrogens is 538 g/mol. The molecule has 1 saturated heterocycles. The maximum absolute atomic E-state index is 13.8. The Morgan fingerprint density at radius 2 is 1.95 bits per heavy atom. The third kappa shape index (κ3) is 4.74. The van der Waals surface area contributed by atoms with Crippen LogP contribution in [0.3, 0.4) is 0 Å². The van der Waals surface area contributed by atoms with Crippen LogP contribution >= 0.6 is 23.1 Å². The Hall–Kier alpha value is -3.90. The van der Waals surface area contributed by atoms with Gasteiger partial charge in [-0.25, -0.2) is 9.59 Å². The number of rotatable bonds is 4. The second-order valence-electron chi connectivity index (χ2n) is 9.62. The standard InChI is InChI=1S/C27H25N5O5S2/c1-2-28-25(35)30-23-21(16-5-3-4-6-19(16)38-23)24(34)32-11-9-27(10-12-32)14-18(33)17-13-15(7-8-20(17)39-27)22-29-26(36)37-31-22/h3-8,13H,2,9-12,14H2,1H3,(H2,28,30,35)(H,29,31,36). The SMILES string of the molecule is CCNC(=O)Nc1sc2ccccc2c1C(=O)N1CCC2(CC1)CC(=O)c1cc(-c3noc(=O)[nH]3)ccc1S2. The van der Waals surface area contributed by atoms with Crippen LogP contribution in [-0.2, 0) is 0 Å². The quantitative estimate of drug-likeness (QED) is 0.326. The first-order valence-electron chi connectivity index (χ1n) is 12.6. The molecule has 1 spiro atoms. The summed E-state index contributed by atoms with van der Waals surface area (Å²) in [5.74, 6) is -0.442. The van der Waals surface area contributed by atoms with E-state index in [0.29, 0.717) is 60.6 Å². The number of Topliss-reactive ketones (excluding diaryl/α,β-unsaturated/α-hetero) is 1. The van der Waals surface area contributed by atoms with Gasteiger partial charge in [-0.1, -0.05) is 23.4 Å².